The number of nitrogens with zero attached hydrogens (tertiary/aromatic N) is 4. The first-order valence-electron chi connectivity index (χ1n) is 14.1. The lowest BCUT2D eigenvalue weighted by molar-refractivity contribution is 0.0748. The maximum absolute atomic E-state index is 13.5. The average molecular weight is 559 g/mol. The highest BCUT2D eigenvalue weighted by atomic mass is 16.5. The van der Waals surface area contributed by atoms with Gasteiger partial charge in [-0.2, -0.15) is 0 Å². The number of phenols is 2. The first kappa shape index (κ1) is 28.4. The lowest BCUT2D eigenvalue weighted by atomic mass is 10.1. The number of phenolic OH excluding ortho intramolecular Hbond substituents is 2. The Labute approximate surface area is 241 Å². The smallest absolute Gasteiger partial charge is 0.258 e. The number of ether oxygens (including phenoxy) is 1. The molecule has 2 heterocycles. The van der Waals surface area contributed by atoms with Gasteiger partial charge in [-0.1, -0.05) is 36.4 Å². The molecule has 2 aliphatic rings. The standard InChI is InChI=1S/C32H38N4O5/c1-33-12-14-35(15-13-33)11-6-16-41-26-10-9-24-21-36(22-25(24)17-26)32(40)28-18-27(29(37)19-30(28)38)31(39)34(2)20-23-7-4-3-5-8-23/h3-5,7-10,17-19,37-38H,6,11-16,20-22H2,1-2H3. The number of likely N-dealkylation sites (N-methyl/N-ethyl adjacent to an activating group) is 1. The monoisotopic (exact) mass is 558 g/mol. The number of hydrogen-bond donors (Lipinski definition) is 2. The molecule has 1 fully saturated rings. The lowest BCUT2D eigenvalue weighted by Crippen LogP contribution is -2.44. The molecule has 2 N–H and O–H groups in total. The Morgan fingerprint density at radius 2 is 1.59 bits per heavy atom. The molecule has 0 aromatic heterocycles. The number of carbonyl (C=O) groups is 2. The third-order valence-corrected chi connectivity index (χ3v) is 7.85. The molecule has 41 heavy (non-hydrogen) atoms. The highest BCUT2D eigenvalue weighted by Crippen LogP contribution is 2.33. The summed E-state index contributed by atoms with van der Waals surface area (Å²) >= 11 is 0. The normalized spacial score (nSPS) is 15.5. The first-order valence-corrected chi connectivity index (χ1v) is 14.1. The van der Waals surface area contributed by atoms with Gasteiger partial charge in [0.1, 0.15) is 17.2 Å². The Bertz CT molecular complexity index is 1390. The number of benzene rings is 3. The second kappa shape index (κ2) is 12.6. The van der Waals surface area contributed by atoms with Crippen molar-refractivity contribution in [2.24, 2.45) is 0 Å². The molecule has 3 aromatic rings. The van der Waals surface area contributed by atoms with Gasteiger partial charge in [-0.15, -0.1) is 0 Å². The van der Waals surface area contributed by atoms with Gasteiger partial charge in [-0.05, 0) is 48.4 Å². The second-order valence-corrected chi connectivity index (χ2v) is 11.0. The molecule has 0 aliphatic carbocycles. The first-order chi connectivity index (χ1) is 19.8. The van der Waals surface area contributed by atoms with E-state index in [1.807, 2.05) is 48.5 Å². The molecule has 0 atom stereocenters. The maximum atomic E-state index is 13.5. The SMILES string of the molecule is CN1CCN(CCCOc2ccc3c(c2)CN(C(=O)c2cc(C(=O)N(C)Cc4ccccc4)c(O)cc2O)C3)CC1. The Kier molecular flexibility index (Phi) is 8.75. The molecule has 0 radical (unpaired) electrons. The van der Waals surface area contributed by atoms with Gasteiger partial charge in [0.05, 0.1) is 17.7 Å². The molecule has 9 heteroatoms. The van der Waals surface area contributed by atoms with E-state index in [1.165, 1.54) is 11.0 Å². The molecule has 0 saturated carbocycles. The van der Waals surface area contributed by atoms with Crippen LogP contribution >= 0.6 is 0 Å². The summed E-state index contributed by atoms with van der Waals surface area (Å²) in [6.07, 6.45) is 0.952. The molecule has 0 bridgehead atoms. The van der Waals surface area contributed by atoms with Crippen LogP contribution in [0.3, 0.4) is 0 Å². The fraction of sp³-hybridized carbons (Fsp3) is 0.375. The molecule has 9 nitrogen and oxygen atoms in total. The summed E-state index contributed by atoms with van der Waals surface area (Å²) in [6.45, 7) is 7.13. The third kappa shape index (κ3) is 6.81. The number of rotatable bonds is 9. The summed E-state index contributed by atoms with van der Waals surface area (Å²) in [5.74, 6) is -0.816. The minimum absolute atomic E-state index is 0.0209. The van der Waals surface area contributed by atoms with Crippen LogP contribution in [0.1, 0.15) is 43.8 Å². The van der Waals surface area contributed by atoms with E-state index in [0.717, 1.165) is 67.7 Å². The zero-order valence-electron chi connectivity index (χ0n) is 23.8. The van der Waals surface area contributed by atoms with E-state index in [9.17, 15) is 19.8 Å². The summed E-state index contributed by atoms with van der Waals surface area (Å²) in [7, 11) is 3.79. The van der Waals surface area contributed by atoms with Gasteiger partial charge in [0.15, 0.2) is 0 Å². The van der Waals surface area contributed by atoms with E-state index >= 15 is 0 Å². The van der Waals surface area contributed by atoms with Crippen LogP contribution in [0.2, 0.25) is 0 Å². The molecule has 1 saturated heterocycles. The second-order valence-electron chi connectivity index (χ2n) is 11.0. The Balaban J connectivity index is 1.20. The predicted molar refractivity (Wildman–Crippen MR) is 156 cm³/mol. The molecule has 2 aliphatic heterocycles. The highest BCUT2D eigenvalue weighted by molar-refractivity contribution is 6.03. The van der Waals surface area contributed by atoms with Crippen molar-refractivity contribution >= 4 is 11.8 Å². The largest absolute Gasteiger partial charge is 0.507 e. The number of aromatic hydroxyl groups is 2. The van der Waals surface area contributed by atoms with E-state index in [1.54, 1.807) is 11.9 Å². The molecule has 216 valence electrons. The van der Waals surface area contributed by atoms with Crippen molar-refractivity contribution in [1.82, 2.24) is 19.6 Å². The van der Waals surface area contributed by atoms with Crippen molar-refractivity contribution in [3.63, 3.8) is 0 Å². The van der Waals surface area contributed by atoms with E-state index in [4.69, 9.17) is 4.74 Å². The van der Waals surface area contributed by atoms with Crippen LogP contribution in [-0.4, -0.2) is 95.1 Å². The molecule has 5 rings (SSSR count). The third-order valence-electron chi connectivity index (χ3n) is 7.85. The summed E-state index contributed by atoms with van der Waals surface area (Å²) in [4.78, 5) is 34.5. The fourth-order valence-corrected chi connectivity index (χ4v) is 5.38. The van der Waals surface area contributed by atoms with Gasteiger partial charge in [0.2, 0.25) is 0 Å². The predicted octanol–water partition coefficient (Wildman–Crippen LogP) is 3.54. The van der Waals surface area contributed by atoms with Gasteiger partial charge in [0.25, 0.3) is 11.8 Å². The molecular formula is C32H38N4O5. The van der Waals surface area contributed by atoms with Gasteiger partial charge >= 0.3 is 0 Å². The number of fused-ring (bicyclic) bond motifs is 1. The Morgan fingerprint density at radius 3 is 2.34 bits per heavy atom. The van der Waals surface area contributed by atoms with Gasteiger partial charge in [-0.3, -0.25) is 9.59 Å². The molecule has 0 spiro atoms. The maximum Gasteiger partial charge on any atom is 0.258 e. The summed E-state index contributed by atoms with van der Waals surface area (Å²) in [5, 5.41) is 21.0. The molecular weight excluding hydrogens is 520 g/mol. The van der Waals surface area contributed by atoms with Crippen LogP contribution in [0, 0.1) is 0 Å². The summed E-state index contributed by atoms with van der Waals surface area (Å²) in [5.41, 5.74) is 2.89. The zero-order valence-corrected chi connectivity index (χ0v) is 23.8. The van der Waals surface area contributed by atoms with Crippen LogP contribution in [0.15, 0.2) is 60.7 Å². The molecule has 0 unspecified atom stereocenters. The quantitative estimate of drug-likeness (QED) is 0.388. The highest BCUT2D eigenvalue weighted by Gasteiger charge is 2.29. The van der Waals surface area contributed by atoms with Gasteiger partial charge < -0.3 is 34.5 Å². The minimum atomic E-state index is -0.445. The lowest BCUT2D eigenvalue weighted by Gasteiger charge is -2.32. The number of carbonyl (C=O) groups excluding carboxylic acids is 2. The van der Waals surface area contributed by atoms with Gasteiger partial charge in [-0.25, -0.2) is 0 Å². The zero-order chi connectivity index (χ0) is 28.9. The van der Waals surface area contributed by atoms with Crippen LogP contribution < -0.4 is 4.74 Å². The molecule has 2 amide bonds. The molecule has 3 aromatic carbocycles. The number of amides is 2. The van der Waals surface area contributed by atoms with Crippen molar-refractivity contribution in [3.05, 3.63) is 88.5 Å². The van der Waals surface area contributed by atoms with Crippen LogP contribution in [0.5, 0.6) is 17.2 Å². The minimum Gasteiger partial charge on any atom is -0.507 e. The number of hydrogen-bond acceptors (Lipinski definition) is 7. The van der Waals surface area contributed by atoms with E-state index in [2.05, 4.69) is 16.8 Å². The topological polar surface area (TPSA) is 96.8 Å². The fourth-order valence-electron chi connectivity index (χ4n) is 5.38. The summed E-state index contributed by atoms with van der Waals surface area (Å²) < 4.78 is 6.01. The van der Waals surface area contributed by atoms with Crippen LogP contribution in [0.25, 0.3) is 0 Å². The Hall–Kier alpha value is -4.08. The average Bonchev–Trinajstić information content (AvgIpc) is 3.40. The van der Waals surface area contributed by atoms with Crippen molar-refractivity contribution in [2.45, 2.75) is 26.1 Å². The number of piperazine rings is 1. The Morgan fingerprint density at radius 1 is 0.878 bits per heavy atom. The van der Waals surface area contributed by atoms with Crippen LogP contribution in [0.4, 0.5) is 0 Å². The van der Waals surface area contributed by atoms with Crippen molar-refractivity contribution in [3.8, 4) is 17.2 Å². The van der Waals surface area contributed by atoms with Crippen molar-refractivity contribution in [1.29, 1.82) is 0 Å². The van der Waals surface area contributed by atoms with E-state index in [-0.39, 0.29) is 22.6 Å². The van der Waals surface area contributed by atoms with Crippen molar-refractivity contribution < 1.29 is 24.5 Å². The van der Waals surface area contributed by atoms with Gasteiger partial charge in [0, 0.05) is 65.5 Å². The summed E-state index contributed by atoms with van der Waals surface area (Å²) in [6, 6.07) is 17.7. The van der Waals surface area contributed by atoms with Crippen molar-refractivity contribution in [2.75, 3.05) is 53.4 Å². The van der Waals surface area contributed by atoms with E-state index in [0.29, 0.717) is 26.2 Å². The van der Waals surface area contributed by atoms with Crippen LogP contribution in [-0.2, 0) is 19.6 Å². The van der Waals surface area contributed by atoms with E-state index < -0.39 is 11.8 Å².